The van der Waals surface area contributed by atoms with Crippen molar-refractivity contribution in [3.05, 3.63) is 89.0 Å². The van der Waals surface area contributed by atoms with Crippen LogP contribution >= 0.6 is 0 Å². The summed E-state index contributed by atoms with van der Waals surface area (Å²) in [6, 6.07) is 18.6. The minimum atomic E-state index is -4.02. The van der Waals surface area contributed by atoms with E-state index in [1.807, 2.05) is 26.0 Å². The van der Waals surface area contributed by atoms with E-state index >= 15 is 0 Å². The second-order valence-electron chi connectivity index (χ2n) is 7.86. The second-order valence-corrected chi connectivity index (χ2v) is 9.73. The Kier molecular flexibility index (Phi) is 7.18. The van der Waals surface area contributed by atoms with Gasteiger partial charge in [0.15, 0.2) is 0 Å². The van der Waals surface area contributed by atoms with Gasteiger partial charge >= 0.3 is 0 Å². The van der Waals surface area contributed by atoms with Gasteiger partial charge in [0.05, 0.1) is 16.3 Å². The van der Waals surface area contributed by atoms with Crippen molar-refractivity contribution in [3.8, 4) is 5.75 Å². The Morgan fingerprint density at radius 2 is 1.61 bits per heavy atom. The number of hydrazone groups is 1. The normalized spacial score (nSPS) is 11.8. The van der Waals surface area contributed by atoms with Crippen LogP contribution < -0.4 is 9.73 Å². The van der Waals surface area contributed by atoms with Crippen molar-refractivity contribution in [2.45, 2.75) is 32.6 Å². The standard InChI is InChI=1S/C25H27N3O4S/c1-17-10-13-21(14-11-17)33(31,32)28(23-15-18(2)9-12-19(23)3)16-25(30)27-26-20(4)22-7-5-6-8-24(22)29/h5-15,29H,16H2,1-4H3,(H,27,30)/b26-20-. The van der Waals surface area contributed by atoms with Crippen LogP contribution in [-0.4, -0.2) is 31.7 Å². The molecule has 1 amide bonds. The van der Waals surface area contributed by atoms with E-state index in [2.05, 4.69) is 10.5 Å². The van der Waals surface area contributed by atoms with E-state index in [-0.39, 0.29) is 10.6 Å². The molecule has 0 aliphatic rings. The maximum absolute atomic E-state index is 13.5. The van der Waals surface area contributed by atoms with Crippen LogP contribution in [0.1, 0.15) is 29.2 Å². The quantitative estimate of drug-likeness (QED) is 0.406. The fraction of sp³-hybridized carbons (Fsp3) is 0.200. The van der Waals surface area contributed by atoms with Crippen molar-refractivity contribution in [3.63, 3.8) is 0 Å². The maximum atomic E-state index is 13.5. The van der Waals surface area contributed by atoms with E-state index < -0.39 is 22.5 Å². The molecule has 3 aromatic carbocycles. The number of anilines is 1. The smallest absolute Gasteiger partial charge is 0.264 e. The molecule has 0 aromatic heterocycles. The van der Waals surface area contributed by atoms with Crippen LogP contribution in [0.25, 0.3) is 0 Å². The summed E-state index contributed by atoms with van der Waals surface area (Å²) in [6.45, 7) is 6.71. The number of benzene rings is 3. The highest BCUT2D eigenvalue weighted by molar-refractivity contribution is 7.92. The highest BCUT2D eigenvalue weighted by Crippen LogP contribution is 2.28. The SMILES string of the molecule is C/C(=N/NC(=O)CN(c1cc(C)ccc1C)S(=O)(=O)c1ccc(C)cc1)c1ccccc1O. The summed E-state index contributed by atoms with van der Waals surface area (Å²) < 4.78 is 28.1. The van der Waals surface area contributed by atoms with Gasteiger partial charge in [-0.15, -0.1) is 0 Å². The lowest BCUT2D eigenvalue weighted by Gasteiger charge is -2.25. The number of nitrogens with one attached hydrogen (secondary N) is 1. The van der Waals surface area contributed by atoms with Gasteiger partial charge in [0.25, 0.3) is 15.9 Å². The number of hydrogen-bond acceptors (Lipinski definition) is 5. The average molecular weight is 466 g/mol. The summed E-state index contributed by atoms with van der Waals surface area (Å²) in [4.78, 5) is 12.9. The summed E-state index contributed by atoms with van der Waals surface area (Å²) in [6.07, 6.45) is 0. The number of phenols is 1. The fourth-order valence-electron chi connectivity index (χ4n) is 3.28. The van der Waals surface area contributed by atoms with Crippen LogP contribution in [0.5, 0.6) is 5.75 Å². The molecule has 0 saturated heterocycles. The number of phenolic OH excluding ortho intramolecular Hbond substituents is 1. The lowest BCUT2D eigenvalue weighted by molar-refractivity contribution is -0.119. The maximum Gasteiger partial charge on any atom is 0.264 e. The number of carbonyl (C=O) groups is 1. The van der Waals surface area contributed by atoms with Gasteiger partial charge in [0, 0.05) is 5.56 Å². The minimum Gasteiger partial charge on any atom is -0.507 e. The summed E-state index contributed by atoms with van der Waals surface area (Å²) in [7, 11) is -4.02. The molecular weight excluding hydrogens is 438 g/mol. The van der Waals surface area contributed by atoms with E-state index in [4.69, 9.17) is 0 Å². The predicted molar refractivity (Wildman–Crippen MR) is 130 cm³/mol. The molecule has 2 N–H and O–H groups in total. The molecule has 7 nitrogen and oxygen atoms in total. The molecule has 0 atom stereocenters. The molecule has 0 heterocycles. The lowest BCUT2D eigenvalue weighted by atomic mass is 10.1. The molecule has 0 aliphatic heterocycles. The third kappa shape index (κ3) is 5.59. The van der Waals surface area contributed by atoms with Gasteiger partial charge in [-0.25, -0.2) is 13.8 Å². The Labute approximate surface area is 194 Å². The molecule has 0 bridgehead atoms. The van der Waals surface area contributed by atoms with Crippen LogP contribution in [-0.2, 0) is 14.8 Å². The zero-order valence-electron chi connectivity index (χ0n) is 19.0. The summed E-state index contributed by atoms with van der Waals surface area (Å²) in [5.74, 6) is -0.576. The second kappa shape index (κ2) is 9.87. The predicted octanol–water partition coefficient (Wildman–Crippen LogP) is 4.05. The van der Waals surface area contributed by atoms with E-state index in [0.29, 0.717) is 17.0 Å². The van der Waals surface area contributed by atoms with E-state index in [0.717, 1.165) is 21.0 Å². The van der Waals surface area contributed by atoms with Crippen molar-refractivity contribution in [1.82, 2.24) is 5.43 Å². The van der Waals surface area contributed by atoms with Gasteiger partial charge in [-0.2, -0.15) is 5.10 Å². The largest absolute Gasteiger partial charge is 0.507 e. The van der Waals surface area contributed by atoms with Crippen molar-refractivity contribution in [1.29, 1.82) is 0 Å². The molecule has 0 saturated carbocycles. The Bertz CT molecular complexity index is 1300. The molecule has 0 unspecified atom stereocenters. The molecule has 0 radical (unpaired) electrons. The van der Waals surface area contributed by atoms with E-state index in [1.165, 1.54) is 18.2 Å². The molecule has 3 rings (SSSR count). The lowest BCUT2D eigenvalue weighted by Crippen LogP contribution is -2.40. The van der Waals surface area contributed by atoms with Crippen LogP contribution in [0.4, 0.5) is 5.69 Å². The van der Waals surface area contributed by atoms with Gasteiger partial charge in [0.1, 0.15) is 12.3 Å². The van der Waals surface area contributed by atoms with Crippen molar-refractivity contribution >= 4 is 27.3 Å². The number of sulfonamides is 1. The summed E-state index contributed by atoms with van der Waals surface area (Å²) in [5, 5.41) is 14.0. The van der Waals surface area contributed by atoms with Crippen molar-refractivity contribution in [2.75, 3.05) is 10.8 Å². The number of para-hydroxylation sites is 1. The number of aryl methyl sites for hydroxylation is 3. The number of nitrogens with zero attached hydrogens (tertiary/aromatic N) is 2. The third-order valence-corrected chi connectivity index (χ3v) is 6.95. The van der Waals surface area contributed by atoms with Crippen molar-refractivity contribution in [2.24, 2.45) is 5.10 Å². The first-order valence-electron chi connectivity index (χ1n) is 10.4. The van der Waals surface area contributed by atoms with Gasteiger partial charge < -0.3 is 5.11 Å². The minimum absolute atomic E-state index is 0.0342. The number of aromatic hydroxyl groups is 1. The van der Waals surface area contributed by atoms with Gasteiger partial charge in [-0.3, -0.25) is 9.10 Å². The fourth-order valence-corrected chi connectivity index (χ4v) is 4.75. The Morgan fingerprint density at radius 3 is 2.27 bits per heavy atom. The molecule has 8 heteroatoms. The molecule has 33 heavy (non-hydrogen) atoms. The molecule has 0 aliphatic carbocycles. The topological polar surface area (TPSA) is 99.1 Å². The molecule has 0 spiro atoms. The van der Waals surface area contributed by atoms with Crippen LogP contribution in [0.3, 0.4) is 0 Å². The molecular formula is C25H27N3O4S. The zero-order valence-corrected chi connectivity index (χ0v) is 19.8. The third-order valence-electron chi connectivity index (χ3n) is 5.17. The monoisotopic (exact) mass is 465 g/mol. The average Bonchev–Trinajstić information content (AvgIpc) is 2.78. The number of hydrogen-bond donors (Lipinski definition) is 2. The Morgan fingerprint density at radius 1 is 0.970 bits per heavy atom. The number of carbonyl (C=O) groups excluding carboxylic acids is 1. The van der Waals surface area contributed by atoms with Gasteiger partial charge in [0.2, 0.25) is 0 Å². The van der Waals surface area contributed by atoms with E-state index in [9.17, 15) is 18.3 Å². The van der Waals surface area contributed by atoms with Crippen LogP contribution in [0.15, 0.2) is 76.7 Å². The van der Waals surface area contributed by atoms with Gasteiger partial charge in [-0.05, 0) is 69.2 Å². The highest BCUT2D eigenvalue weighted by atomic mass is 32.2. The molecule has 3 aromatic rings. The zero-order chi connectivity index (χ0) is 24.2. The first-order chi connectivity index (χ1) is 15.6. The molecule has 0 fully saturated rings. The Balaban J connectivity index is 1.94. The number of amides is 1. The molecule has 172 valence electrons. The summed E-state index contributed by atoms with van der Waals surface area (Å²) in [5.41, 5.74) is 6.21. The number of rotatable bonds is 7. The van der Waals surface area contributed by atoms with Crippen molar-refractivity contribution < 1.29 is 18.3 Å². The van der Waals surface area contributed by atoms with Crippen LogP contribution in [0.2, 0.25) is 0 Å². The highest BCUT2D eigenvalue weighted by Gasteiger charge is 2.28. The summed E-state index contributed by atoms with van der Waals surface area (Å²) >= 11 is 0. The van der Waals surface area contributed by atoms with E-state index in [1.54, 1.807) is 50.2 Å². The first kappa shape index (κ1) is 24.0. The first-order valence-corrected chi connectivity index (χ1v) is 11.8. The Hall–Kier alpha value is -3.65. The van der Waals surface area contributed by atoms with Crippen LogP contribution in [0, 0.1) is 20.8 Å². The van der Waals surface area contributed by atoms with Gasteiger partial charge in [-0.1, -0.05) is 42.0 Å².